The summed E-state index contributed by atoms with van der Waals surface area (Å²) in [4.78, 5) is 2.35. The van der Waals surface area contributed by atoms with Crippen LogP contribution in [-0.4, -0.2) is 62.2 Å². The average molecular weight is 336 g/mol. The second-order valence-corrected chi connectivity index (χ2v) is 5.49. The monoisotopic (exact) mass is 336 g/mol. The molecular formula is C16H24N4O2S. The quantitative estimate of drug-likeness (QED) is 0.444. The van der Waals surface area contributed by atoms with Gasteiger partial charge in [-0.1, -0.05) is 0 Å². The van der Waals surface area contributed by atoms with Crippen LogP contribution in [0, 0.1) is 0 Å². The van der Waals surface area contributed by atoms with Gasteiger partial charge in [0.05, 0.1) is 26.0 Å². The first-order valence-electron chi connectivity index (χ1n) is 7.88. The number of ether oxygens (including phenoxy) is 2. The number of hydrazone groups is 1. The fraction of sp³-hybridized carbons (Fsp3) is 0.500. The summed E-state index contributed by atoms with van der Waals surface area (Å²) in [6, 6.07) is 7.74. The van der Waals surface area contributed by atoms with Gasteiger partial charge in [0.15, 0.2) is 5.11 Å². The molecule has 0 bridgehead atoms. The van der Waals surface area contributed by atoms with Crippen molar-refractivity contribution in [3.63, 3.8) is 0 Å². The van der Waals surface area contributed by atoms with Crippen molar-refractivity contribution in [2.75, 3.05) is 46.0 Å². The molecule has 0 spiro atoms. The van der Waals surface area contributed by atoms with E-state index >= 15 is 0 Å². The topological polar surface area (TPSA) is 58.1 Å². The zero-order valence-corrected chi connectivity index (χ0v) is 14.3. The molecule has 0 amide bonds. The summed E-state index contributed by atoms with van der Waals surface area (Å²) in [6.07, 6.45) is 1.73. The Morgan fingerprint density at radius 1 is 1.35 bits per heavy atom. The molecule has 1 fully saturated rings. The maximum Gasteiger partial charge on any atom is 0.187 e. The standard InChI is InChI=1S/C16H24N4O2S/c1-2-22-15-5-3-14(4-6-15)13-18-19-16(23)17-7-8-20-9-11-21-12-10-20/h3-6,13H,2,7-12H2,1H3,(H2,17,19,23)/b18-13+. The summed E-state index contributed by atoms with van der Waals surface area (Å²) in [5.41, 5.74) is 3.81. The minimum atomic E-state index is 0.528. The molecule has 126 valence electrons. The number of thiocarbonyl (C=S) groups is 1. The zero-order valence-electron chi connectivity index (χ0n) is 13.5. The molecular weight excluding hydrogens is 312 g/mol. The van der Waals surface area contributed by atoms with Gasteiger partial charge in [0.1, 0.15) is 5.75 Å². The Kier molecular flexibility index (Phi) is 7.79. The van der Waals surface area contributed by atoms with Crippen molar-refractivity contribution in [1.29, 1.82) is 0 Å². The van der Waals surface area contributed by atoms with Crippen molar-refractivity contribution in [2.24, 2.45) is 5.10 Å². The lowest BCUT2D eigenvalue weighted by atomic mass is 10.2. The third-order valence-corrected chi connectivity index (χ3v) is 3.62. The van der Waals surface area contributed by atoms with Gasteiger partial charge in [-0.05, 0) is 49.0 Å². The Morgan fingerprint density at radius 3 is 2.78 bits per heavy atom. The van der Waals surface area contributed by atoms with Gasteiger partial charge in [0.25, 0.3) is 0 Å². The Bertz CT molecular complexity index is 501. The van der Waals surface area contributed by atoms with Crippen molar-refractivity contribution in [3.8, 4) is 5.75 Å². The second-order valence-electron chi connectivity index (χ2n) is 5.08. The van der Waals surface area contributed by atoms with Crippen molar-refractivity contribution >= 4 is 23.5 Å². The van der Waals surface area contributed by atoms with E-state index in [0.717, 1.165) is 50.7 Å². The predicted octanol–water partition coefficient (Wildman–Crippen LogP) is 1.22. The molecule has 1 aromatic carbocycles. The highest BCUT2D eigenvalue weighted by atomic mass is 32.1. The number of benzene rings is 1. The Morgan fingerprint density at radius 2 is 2.09 bits per heavy atom. The minimum absolute atomic E-state index is 0.528. The Balaban J connectivity index is 1.63. The van der Waals surface area contributed by atoms with Crippen LogP contribution < -0.4 is 15.5 Å². The molecule has 0 radical (unpaired) electrons. The molecule has 0 atom stereocenters. The van der Waals surface area contributed by atoms with E-state index in [1.165, 1.54) is 0 Å². The molecule has 0 unspecified atom stereocenters. The largest absolute Gasteiger partial charge is 0.494 e. The lowest BCUT2D eigenvalue weighted by Gasteiger charge is -2.26. The predicted molar refractivity (Wildman–Crippen MR) is 96.2 cm³/mol. The van der Waals surface area contributed by atoms with Crippen LogP contribution in [-0.2, 0) is 4.74 Å². The fourth-order valence-electron chi connectivity index (χ4n) is 2.17. The summed E-state index contributed by atoms with van der Waals surface area (Å²) in [5.74, 6) is 0.859. The number of rotatable bonds is 7. The molecule has 2 N–H and O–H groups in total. The van der Waals surface area contributed by atoms with Gasteiger partial charge in [0, 0.05) is 26.2 Å². The molecule has 1 aromatic rings. The molecule has 1 aliphatic heterocycles. The van der Waals surface area contributed by atoms with Crippen LogP contribution >= 0.6 is 12.2 Å². The first-order valence-corrected chi connectivity index (χ1v) is 8.28. The van der Waals surface area contributed by atoms with Gasteiger partial charge in [-0.2, -0.15) is 5.10 Å². The van der Waals surface area contributed by atoms with E-state index in [4.69, 9.17) is 21.7 Å². The molecule has 1 saturated heterocycles. The van der Waals surface area contributed by atoms with Crippen LogP contribution in [0.2, 0.25) is 0 Å². The van der Waals surface area contributed by atoms with E-state index < -0.39 is 0 Å². The maximum atomic E-state index is 5.40. The molecule has 7 heteroatoms. The summed E-state index contributed by atoms with van der Waals surface area (Å²) in [7, 11) is 0. The number of hydrogen-bond acceptors (Lipinski definition) is 5. The lowest BCUT2D eigenvalue weighted by Crippen LogP contribution is -2.42. The van der Waals surface area contributed by atoms with Crippen LogP contribution in [0.5, 0.6) is 5.75 Å². The van der Waals surface area contributed by atoms with Gasteiger partial charge in [-0.15, -0.1) is 0 Å². The highest BCUT2D eigenvalue weighted by Crippen LogP contribution is 2.10. The van der Waals surface area contributed by atoms with Gasteiger partial charge in [-0.25, -0.2) is 0 Å². The number of morpholine rings is 1. The molecule has 0 aromatic heterocycles. The minimum Gasteiger partial charge on any atom is -0.494 e. The van der Waals surface area contributed by atoms with Gasteiger partial charge >= 0.3 is 0 Å². The molecule has 0 aliphatic carbocycles. The van der Waals surface area contributed by atoms with Gasteiger partial charge < -0.3 is 14.8 Å². The van der Waals surface area contributed by atoms with Crippen molar-refractivity contribution < 1.29 is 9.47 Å². The number of nitrogens with zero attached hydrogens (tertiary/aromatic N) is 2. The van der Waals surface area contributed by atoms with E-state index in [1.807, 2.05) is 31.2 Å². The molecule has 1 heterocycles. The van der Waals surface area contributed by atoms with E-state index in [9.17, 15) is 0 Å². The normalized spacial score (nSPS) is 15.5. The van der Waals surface area contributed by atoms with E-state index in [2.05, 4.69) is 20.7 Å². The summed E-state index contributed by atoms with van der Waals surface area (Å²) in [6.45, 7) is 7.98. The van der Waals surface area contributed by atoms with Crippen molar-refractivity contribution in [3.05, 3.63) is 29.8 Å². The summed E-state index contributed by atoms with van der Waals surface area (Å²) < 4.78 is 10.7. The highest BCUT2D eigenvalue weighted by Gasteiger charge is 2.09. The Labute approximate surface area is 142 Å². The average Bonchev–Trinajstić information content (AvgIpc) is 2.58. The number of nitrogens with one attached hydrogen (secondary N) is 2. The van der Waals surface area contributed by atoms with Crippen LogP contribution in [0.1, 0.15) is 12.5 Å². The second kappa shape index (κ2) is 10.1. The van der Waals surface area contributed by atoms with E-state index in [-0.39, 0.29) is 0 Å². The first kappa shape index (κ1) is 17.7. The van der Waals surface area contributed by atoms with E-state index in [0.29, 0.717) is 11.7 Å². The summed E-state index contributed by atoms with van der Waals surface area (Å²) in [5, 5.41) is 7.80. The molecule has 0 saturated carbocycles. The first-order chi connectivity index (χ1) is 11.3. The van der Waals surface area contributed by atoms with E-state index in [1.54, 1.807) is 6.21 Å². The zero-order chi connectivity index (χ0) is 16.3. The van der Waals surface area contributed by atoms with Gasteiger partial charge in [0.2, 0.25) is 0 Å². The van der Waals surface area contributed by atoms with Crippen molar-refractivity contribution in [2.45, 2.75) is 6.92 Å². The molecule has 2 rings (SSSR count). The smallest absolute Gasteiger partial charge is 0.187 e. The molecule has 1 aliphatic rings. The van der Waals surface area contributed by atoms with Crippen LogP contribution in [0.4, 0.5) is 0 Å². The van der Waals surface area contributed by atoms with Crippen LogP contribution in [0.25, 0.3) is 0 Å². The SMILES string of the molecule is CCOc1ccc(/C=N/NC(=S)NCCN2CCOCC2)cc1. The summed E-state index contributed by atoms with van der Waals surface area (Å²) >= 11 is 5.19. The fourth-order valence-corrected chi connectivity index (χ4v) is 2.33. The highest BCUT2D eigenvalue weighted by molar-refractivity contribution is 7.80. The molecule has 23 heavy (non-hydrogen) atoms. The van der Waals surface area contributed by atoms with Crippen LogP contribution in [0.15, 0.2) is 29.4 Å². The Hall–Kier alpha value is -1.70. The van der Waals surface area contributed by atoms with Crippen molar-refractivity contribution in [1.82, 2.24) is 15.6 Å². The third kappa shape index (κ3) is 6.94. The maximum absolute atomic E-state index is 5.40. The van der Waals surface area contributed by atoms with Gasteiger partial charge in [-0.3, -0.25) is 10.3 Å². The molecule has 6 nitrogen and oxygen atoms in total. The third-order valence-electron chi connectivity index (χ3n) is 3.39. The van der Waals surface area contributed by atoms with Crippen LogP contribution in [0.3, 0.4) is 0 Å². The number of hydrogen-bond donors (Lipinski definition) is 2. The lowest BCUT2D eigenvalue weighted by molar-refractivity contribution is 0.0389.